The van der Waals surface area contributed by atoms with Crippen molar-refractivity contribution < 1.29 is 9.53 Å². The average Bonchev–Trinajstić information content (AvgIpc) is 2.08. The Hall–Kier alpha value is -1.22. The van der Waals surface area contributed by atoms with Gasteiger partial charge in [-0.1, -0.05) is 18.1 Å². The third-order valence-corrected chi connectivity index (χ3v) is 1.36. The Morgan fingerprint density at radius 3 is 2.64 bits per heavy atom. The molecule has 1 aromatic carbocycles. The normalized spacial score (nSPS) is 7.79. The van der Waals surface area contributed by atoms with E-state index in [2.05, 4.69) is 11.8 Å². The number of ether oxygens (including phenoxy) is 1. The standard InChI is InChI=1S/C10H9NO2.HI/c1-2-5-8-6-3-4-7-9(8)13-10(11)12;/h3-4,6-7H,1H3,(H2,11,12);1H. The summed E-state index contributed by atoms with van der Waals surface area (Å²) >= 11 is 0. The number of primary amides is 1. The Bertz CT molecular complexity index is 379. The molecule has 0 saturated heterocycles. The fraction of sp³-hybridized carbons (Fsp3) is 0.100. The lowest BCUT2D eigenvalue weighted by Crippen LogP contribution is -2.16. The molecule has 0 aliphatic carbocycles. The van der Waals surface area contributed by atoms with Crippen LogP contribution in [0.2, 0.25) is 0 Å². The van der Waals surface area contributed by atoms with Crippen LogP contribution in [0.1, 0.15) is 12.5 Å². The Morgan fingerprint density at radius 1 is 1.43 bits per heavy atom. The van der Waals surface area contributed by atoms with Gasteiger partial charge in [0.15, 0.2) is 0 Å². The minimum Gasteiger partial charge on any atom is -0.409 e. The highest BCUT2D eigenvalue weighted by molar-refractivity contribution is 14.0. The van der Waals surface area contributed by atoms with E-state index in [4.69, 9.17) is 10.5 Å². The van der Waals surface area contributed by atoms with Crippen molar-refractivity contribution in [3.05, 3.63) is 29.8 Å². The highest BCUT2D eigenvalue weighted by Gasteiger charge is 2.02. The van der Waals surface area contributed by atoms with Gasteiger partial charge in [0.1, 0.15) is 5.75 Å². The maximum atomic E-state index is 10.5. The Kier molecular flexibility index (Phi) is 5.72. The van der Waals surface area contributed by atoms with Gasteiger partial charge < -0.3 is 10.5 Å². The topological polar surface area (TPSA) is 52.3 Å². The van der Waals surface area contributed by atoms with E-state index in [0.29, 0.717) is 11.3 Å². The van der Waals surface area contributed by atoms with Crippen LogP contribution in [-0.2, 0) is 0 Å². The van der Waals surface area contributed by atoms with E-state index in [9.17, 15) is 4.79 Å². The molecular formula is C10H10INO2. The third kappa shape index (κ3) is 3.66. The molecule has 2 N–H and O–H groups in total. The molecule has 0 heterocycles. The number of halogens is 1. The van der Waals surface area contributed by atoms with E-state index in [1.165, 1.54) is 0 Å². The highest BCUT2D eigenvalue weighted by Crippen LogP contribution is 2.16. The van der Waals surface area contributed by atoms with Crippen LogP contribution in [0, 0.1) is 11.8 Å². The molecule has 0 aromatic heterocycles. The number of carbonyl (C=O) groups excluding carboxylic acids is 1. The summed E-state index contributed by atoms with van der Waals surface area (Å²) in [5.41, 5.74) is 5.54. The predicted molar refractivity (Wildman–Crippen MR) is 64.6 cm³/mol. The van der Waals surface area contributed by atoms with E-state index in [-0.39, 0.29) is 24.0 Å². The van der Waals surface area contributed by atoms with Crippen LogP contribution >= 0.6 is 24.0 Å². The third-order valence-electron chi connectivity index (χ3n) is 1.36. The minimum atomic E-state index is -0.828. The zero-order valence-corrected chi connectivity index (χ0v) is 9.94. The molecule has 0 unspecified atom stereocenters. The largest absolute Gasteiger partial charge is 0.410 e. The molecule has 0 saturated carbocycles. The molecule has 4 heteroatoms. The van der Waals surface area contributed by atoms with Crippen LogP contribution in [0.15, 0.2) is 24.3 Å². The first-order valence-corrected chi connectivity index (χ1v) is 3.73. The molecule has 0 aliphatic rings. The van der Waals surface area contributed by atoms with Crippen molar-refractivity contribution in [2.24, 2.45) is 5.73 Å². The van der Waals surface area contributed by atoms with Gasteiger partial charge in [-0.25, -0.2) is 4.79 Å². The van der Waals surface area contributed by atoms with Crippen LogP contribution in [0.5, 0.6) is 5.75 Å². The summed E-state index contributed by atoms with van der Waals surface area (Å²) in [5, 5.41) is 0. The lowest BCUT2D eigenvalue weighted by Gasteiger charge is -2.01. The van der Waals surface area contributed by atoms with Crippen molar-refractivity contribution in [3.8, 4) is 17.6 Å². The maximum Gasteiger partial charge on any atom is 0.410 e. The van der Waals surface area contributed by atoms with Gasteiger partial charge in [0.25, 0.3) is 0 Å². The van der Waals surface area contributed by atoms with Gasteiger partial charge in [0.05, 0.1) is 5.56 Å². The summed E-state index contributed by atoms with van der Waals surface area (Å²) < 4.78 is 4.73. The molecule has 1 amide bonds. The van der Waals surface area contributed by atoms with Crippen molar-refractivity contribution in [1.82, 2.24) is 0 Å². The Morgan fingerprint density at radius 2 is 2.07 bits per heavy atom. The van der Waals surface area contributed by atoms with Crippen molar-refractivity contribution in [3.63, 3.8) is 0 Å². The smallest absolute Gasteiger partial charge is 0.409 e. The molecule has 0 fully saturated rings. The van der Waals surface area contributed by atoms with Crippen molar-refractivity contribution >= 4 is 30.1 Å². The zero-order chi connectivity index (χ0) is 9.68. The SMILES string of the molecule is CC#Cc1ccccc1OC(N)=O.I. The first-order valence-electron chi connectivity index (χ1n) is 3.73. The lowest BCUT2D eigenvalue weighted by molar-refractivity contribution is 0.210. The van der Waals surface area contributed by atoms with Gasteiger partial charge in [-0.3, -0.25) is 0 Å². The highest BCUT2D eigenvalue weighted by atomic mass is 127. The van der Waals surface area contributed by atoms with E-state index in [0.717, 1.165) is 0 Å². The van der Waals surface area contributed by atoms with E-state index < -0.39 is 6.09 Å². The summed E-state index contributed by atoms with van der Waals surface area (Å²) in [4.78, 5) is 10.5. The van der Waals surface area contributed by atoms with Gasteiger partial charge >= 0.3 is 6.09 Å². The fourth-order valence-electron chi connectivity index (χ4n) is 0.902. The summed E-state index contributed by atoms with van der Waals surface area (Å²) in [6.45, 7) is 1.71. The molecule has 0 spiro atoms. The van der Waals surface area contributed by atoms with Gasteiger partial charge in [-0.2, -0.15) is 0 Å². The summed E-state index contributed by atoms with van der Waals surface area (Å²) in [7, 11) is 0. The molecule has 0 bridgehead atoms. The minimum absolute atomic E-state index is 0. The average molecular weight is 303 g/mol. The molecule has 0 atom stereocenters. The molecule has 0 radical (unpaired) electrons. The number of amides is 1. The zero-order valence-electron chi connectivity index (χ0n) is 7.61. The fourth-order valence-corrected chi connectivity index (χ4v) is 0.902. The van der Waals surface area contributed by atoms with Crippen LogP contribution < -0.4 is 10.5 Å². The second-order valence-corrected chi connectivity index (χ2v) is 2.29. The number of hydrogen-bond donors (Lipinski definition) is 1. The second kappa shape index (κ2) is 6.27. The van der Waals surface area contributed by atoms with Crippen molar-refractivity contribution in [2.75, 3.05) is 0 Å². The number of para-hydroxylation sites is 1. The molecule has 14 heavy (non-hydrogen) atoms. The number of carbonyl (C=O) groups is 1. The van der Waals surface area contributed by atoms with Crippen LogP contribution in [0.4, 0.5) is 4.79 Å². The van der Waals surface area contributed by atoms with Gasteiger partial charge in [-0.05, 0) is 19.1 Å². The van der Waals surface area contributed by atoms with Gasteiger partial charge in [-0.15, -0.1) is 29.9 Å². The second-order valence-electron chi connectivity index (χ2n) is 2.29. The quantitative estimate of drug-likeness (QED) is 0.638. The van der Waals surface area contributed by atoms with Crippen molar-refractivity contribution in [1.29, 1.82) is 0 Å². The van der Waals surface area contributed by atoms with Gasteiger partial charge in [0, 0.05) is 0 Å². The summed E-state index contributed by atoms with van der Waals surface area (Å²) in [6, 6.07) is 6.96. The van der Waals surface area contributed by atoms with Crippen LogP contribution in [-0.4, -0.2) is 6.09 Å². The van der Waals surface area contributed by atoms with E-state index in [1.807, 2.05) is 6.07 Å². The lowest BCUT2D eigenvalue weighted by atomic mass is 10.2. The first kappa shape index (κ1) is 12.8. The van der Waals surface area contributed by atoms with Crippen LogP contribution in [0.25, 0.3) is 0 Å². The molecular weight excluding hydrogens is 293 g/mol. The monoisotopic (exact) mass is 303 g/mol. The number of benzene rings is 1. The number of rotatable bonds is 1. The predicted octanol–water partition coefficient (Wildman–Crippen LogP) is 2.13. The summed E-state index contributed by atoms with van der Waals surface area (Å²) in [6.07, 6.45) is -0.828. The molecule has 1 aromatic rings. The molecule has 1 rings (SSSR count). The molecule has 0 aliphatic heterocycles. The van der Waals surface area contributed by atoms with E-state index >= 15 is 0 Å². The summed E-state index contributed by atoms with van der Waals surface area (Å²) in [5.74, 6) is 5.91. The van der Waals surface area contributed by atoms with Gasteiger partial charge in [0.2, 0.25) is 0 Å². The number of nitrogens with two attached hydrogens (primary N) is 1. The number of hydrogen-bond acceptors (Lipinski definition) is 2. The van der Waals surface area contributed by atoms with Crippen molar-refractivity contribution in [2.45, 2.75) is 6.92 Å². The Labute approximate surface area is 99.6 Å². The molecule has 74 valence electrons. The van der Waals surface area contributed by atoms with E-state index in [1.54, 1.807) is 25.1 Å². The first-order chi connectivity index (χ1) is 6.24. The molecule has 3 nitrogen and oxygen atoms in total. The Balaban J connectivity index is 0.00000169. The maximum absolute atomic E-state index is 10.5. The van der Waals surface area contributed by atoms with Crippen LogP contribution in [0.3, 0.4) is 0 Å².